The molecule has 0 spiro atoms. The normalized spacial score (nSPS) is 12.8. The van der Waals surface area contributed by atoms with Gasteiger partial charge in [0.1, 0.15) is 6.04 Å². The van der Waals surface area contributed by atoms with E-state index >= 15 is 0 Å². The zero-order valence-electron chi connectivity index (χ0n) is 17.4. The highest BCUT2D eigenvalue weighted by Gasteiger charge is 2.40. The van der Waals surface area contributed by atoms with E-state index in [1.165, 1.54) is 7.11 Å². The van der Waals surface area contributed by atoms with Crippen molar-refractivity contribution in [1.82, 2.24) is 5.32 Å². The third-order valence-corrected chi connectivity index (χ3v) is 5.51. The molecule has 3 rings (SSSR count). The summed E-state index contributed by atoms with van der Waals surface area (Å²) in [4.78, 5) is 12.6. The Morgan fingerprint density at radius 2 is 1.23 bits per heavy atom. The van der Waals surface area contributed by atoms with Gasteiger partial charge in [-0.1, -0.05) is 91.0 Å². The fourth-order valence-electron chi connectivity index (χ4n) is 3.58. The number of nitrogens with one attached hydrogen (secondary N) is 1. The van der Waals surface area contributed by atoms with Crippen LogP contribution in [0.15, 0.2) is 91.0 Å². The number of carbonyl (C=O) groups excluding carboxylic acids is 1. The van der Waals surface area contributed by atoms with Gasteiger partial charge in [0.05, 0.1) is 25.5 Å². The van der Waals surface area contributed by atoms with Crippen molar-refractivity contribution in [1.29, 1.82) is 0 Å². The van der Waals surface area contributed by atoms with E-state index in [-0.39, 0.29) is 0 Å². The zero-order valence-corrected chi connectivity index (χ0v) is 18.2. The summed E-state index contributed by atoms with van der Waals surface area (Å²) in [6.07, 6.45) is 0.945. The Hall–Kier alpha value is -3.00. The summed E-state index contributed by atoms with van der Waals surface area (Å²) < 4.78 is 33.2. The van der Waals surface area contributed by atoms with Gasteiger partial charge < -0.3 is 4.74 Å². The molecule has 6 nitrogen and oxygen atoms in total. The molecule has 0 aliphatic carbocycles. The molecule has 162 valence electrons. The zero-order chi connectivity index (χ0) is 22.3. The lowest BCUT2D eigenvalue weighted by atomic mass is 9.76. The third kappa shape index (κ3) is 5.38. The first kappa shape index (κ1) is 22.7. The van der Waals surface area contributed by atoms with Crippen LogP contribution >= 0.6 is 0 Å². The lowest BCUT2D eigenvalue weighted by Crippen LogP contribution is -2.54. The summed E-state index contributed by atoms with van der Waals surface area (Å²) in [5, 5.41) is 3.38. The van der Waals surface area contributed by atoms with Gasteiger partial charge in [0, 0.05) is 0 Å². The maximum Gasteiger partial charge on any atom is 0.325 e. The molecule has 0 heterocycles. The van der Waals surface area contributed by atoms with Crippen LogP contribution in [-0.4, -0.2) is 40.4 Å². The summed E-state index contributed by atoms with van der Waals surface area (Å²) in [7, 11) is -2.50. The van der Waals surface area contributed by atoms with Crippen LogP contribution in [0.25, 0.3) is 0 Å². The highest BCUT2D eigenvalue weighted by molar-refractivity contribution is 7.85. The molecule has 0 amide bonds. The maximum absolute atomic E-state index is 12.6. The molecule has 0 aromatic heterocycles. The molecule has 7 heteroatoms. The highest BCUT2D eigenvalue weighted by atomic mass is 32.2. The number of benzene rings is 3. The first-order chi connectivity index (χ1) is 14.9. The van der Waals surface area contributed by atoms with Gasteiger partial charge in [-0.05, 0) is 16.7 Å². The van der Waals surface area contributed by atoms with E-state index in [2.05, 4.69) is 5.32 Å². The van der Waals surface area contributed by atoms with E-state index in [9.17, 15) is 13.2 Å². The molecule has 0 aliphatic rings. The molecule has 1 atom stereocenters. The lowest BCUT2D eigenvalue weighted by Gasteiger charge is -2.39. The average molecular weight is 440 g/mol. The van der Waals surface area contributed by atoms with Crippen molar-refractivity contribution in [3.8, 4) is 0 Å². The molecule has 0 unspecified atom stereocenters. The van der Waals surface area contributed by atoms with Crippen LogP contribution in [0.1, 0.15) is 16.7 Å². The van der Waals surface area contributed by atoms with Crippen molar-refractivity contribution in [2.75, 3.05) is 20.0 Å². The second-order valence-electron chi connectivity index (χ2n) is 7.06. The average Bonchev–Trinajstić information content (AvgIpc) is 2.80. The van der Waals surface area contributed by atoms with Gasteiger partial charge in [-0.15, -0.1) is 0 Å². The van der Waals surface area contributed by atoms with E-state index in [0.717, 1.165) is 22.9 Å². The van der Waals surface area contributed by atoms with Crippen molar-refractivity contribution in [2.45, 2.75) is 11.6 Å². The Labute approximate surface area is 183 Å². The van der Waals surface area contributed by atoms with E-state index in [1.807, 2.05) is 91.0 Å². The van der Waals surface area contributed by atoms with Gasteiger partial charge in [0.2, 0.25) is 0 Å². The monoisotopic (exact) mass is 439 g/mol. The molecule has 1 N–H and O–H groups in total. The minimum absolute atomic E-state index is 0.403. The van der Waals surface area contributed by atoms with Crippen LogP contribution in [0, 0.1) is 0 Å². The smallest absolute Gasteiger partial charge is 0.325 e. The minimum Gasteiger partial charge on any atom is -0.468 e. The van der Waals surface area contributed by atoms with Gasteiger partial charge in [-0.25, -0.2) is 0 Å². The summed E-state index contributed by atoms with van der Waals surface area (Å²) in [6, 6.07) is 27.9. The predicted octanol–water partition coefficient (Wildman–Crippen LogP) is 3.09. The molecule has 3 aromatic rings. The Bertz CT molecular complexity index is 990. The number of esters is 1. The van der Waals surface area contributed by atoms with Gasteiger partial charge in [-0.3, -0.25) is 14.3 Å². The van der Waals surface area contributed by atoms with Crippen LogP contribution in [0.3, 0.4) is 0 Å². The Morgan fingerprint density at radius 3 is 1.55 bits per heavy atom. The number of hydrogen-bond donors (Lipinski definition) is 1. The molecule has 0 bridgehead atoms. The summed E-state index contributed by atoms with van der Waals surface area (Å²) in [5.74, 6) is -0.629. The van der Waals surface area contributed by atoms with Crippen LogP contribution in [0.5, 0.6) is 0 Å². The largest absolute Gasteiger partial charge is 0.468 e. The van der Waals surface area contributed by atoms with E-state index in [1.54, 1.807) is 0 Å². The SMILES string of the molecule is COC(=O)[C@H](COS(C)(=O)=O)NC(c1ccccc1)(c1ccccc1)c1ccccc1. The first-order valence-corrected chi connectivity index (χ1v) is 11.5. The second kappa shape index (κ2) is 9.87. The van der Waals surface area contributed by atoms with Crippen LogP contribution in [-0.2, 0) is 29.4 Å². The number of hydrogen-bond acceptors (Lipinski definition) is 6. The Morgan fingerprint density at radius 1 is 0.839 bits per heavy atom. The maximum atomic E-state index is 12.6. The summed E-state index contributed by atoms with van der Waals surface area (Å²) in [6.45, 7) is -0.403. The number of ether oxygens (including phenoxy) is 1. The van der Waals surface area contributed by atoms with Crippen molar-refractivity contribution >= 4 is 16.1 Å². The molecule has 0 fully saturated rings. The summed E-state index contributed by atoms with van der Waals surface area (Å²) >= 11 is 0. The minimum atomic E-state index is -3.76. The molecule has 0 aliphatic heterocycles. The predicted molar refractivity (Wildman–Crippen MR) is 119 cm³/mol. The van der Waals surface area contributed by atoms with Crippen molar-refractivity contribution < 1.29 is 22.1 Å². The van der Waals surface area contributed by atoms with Crippen molar-refractivity contribution in [3.63, 3.8) is 0 Å². The summed E-state index contributed by atoms with van der Waals surface area (Å²) in [5.41, 5.74) is 1.66. The first-order valence-electron chi connectivity index (χ1n) is 9.73. The number of carbonyl (C=O) groups is 1. The Kier molecular flexibility index (Phi) is 7.22. The molecular formula is C24H25NO5S. The van der Waals surface area contributed by atoms with Gasteiger partial charge >= 0.3 is 5.97 Å². The quantitative estimate of drug-likeness (QED) is 0.314. The van der Waals surface area contributed by atoms with Crippen molar-refractivity contribution in [3.05, 3.63) is 108 Å². The second-order valence-corrected chi connectivity index (χ2v) is 8.70. The van der Waals surface area contributed by atoms with Gasteiger partial charge in [0.25, 0.3) is 10.1 Å². The Balaban J connectivity index is 2.22. The third-order valence-electron chi connectivity index (χ3n) is 4.95. The fraction of sp³-hybridized carbons (Fsp3) is 0.208. The van der Waals surface area contributed by atoms with Crippen LogP contribution in [0.4, 0.5) is 0 Å². The van der Waals surface area contributed by atoms with Crippen LogP contribution in [0.2, 0.25) is 0 Å². The standard InChI is InChI=1S/C24H25NO5S/c1-29-23(26)22(18-30-31(2,27)28)25-24(19-12-6-3-7-13-19,20-14-8-4-9-15-20)21-16-10-5-11-17-21/h3-17,22,25H,18H2,1-2H3/t22-/m0/s1. The number of methoxy groups -OCH3 is 1. The molecule has 0 saturated carbocycles. The molecular weight excluding hydrogens is 414 g/mol. The van der Waals surface area contributed by atoms with Crippen molar-refractivity contribution in [2.24, 2.45) is 0 Å². The molecule has 3 aromatic carbocycles. The molecule has 0 saturated heterocycles. The van der Waals surface area contributed by atoms with Crippen LogP contribution < -0.4 is 5.32 Å². The van der Waals surface area contributed by atoms with Gasteiger partial charge in [-0.2, -0.15) is 8.42 Å². The van der Waals surface area contributed by atoms with E-state index < -0.39 is 34.3 Å². The lowest BCUT2D eigenvalue weighted by molar-refractivity contribution is -0.144. The molecule has 0 radical (unpaired) electrons. The van der Waals surface area contributed by atoms with Gasteiger partial charge in [0.15, 0.2) is 0 Å². The van der Waals surface area contributed by atoms with E-state index in [4.69, 9.17) is 8.92 Å². The number of rotatable bonds is 9. The fourth-order valence-corrected chi connectivity index (χ4v) is 3.96. The highest BCUT2D eigenvalue weighted by Crippen LogP contribution is 2.37. The van der Waals surface area contributed by atoms with E-state index in [0.29, 0.717) is 0 Å². The molecule has 31 heavy (non-hydrogen) atoms. The topological polar surface area (TPSA) is 81.7 Å².